The molecular weight excluding hydrogens is 535 g/mol. The van der Waals surface area contributed by atoms with E-state index in [0.717, 1.165) is 17.5 Å². The summed E-state index contributed by atoms with van der Waals surface area (Å²) in [5, 5.41) is 10.9. The van der Waals surface area contributed by atoms with Crippen LogP contribution in [-0.2, 0) is 9.59 Å². The molecule has 7 nitrogen and oxygen atoms in total. The molecule has 0 radical (unpaired) electrons. The predicted molar refractivity (Wildman–Crippen MR) is 148 cm³/mol. The zero-order valence-electron chi connectivity index (χ0n) is 21.0. The van der Waals surface area contributed by atoms with E-state index < -0.39 is 22.2 Å². The maximum atomic E-state index is 14.1. The van der Waals surface area contributed by atoms with E-state index in [1.165, 1.54) is 0 Å². The number of amides is 1. The van der Waals surface area contributed by atoms with Crippen LogP contribution in [0, 0.1) is 5.41 Å². The maximum absolute atomic E-state index is 14.1. The number of carbonyl (C=O) groups is 2. The molecule has 37 heavy (non-hydrogen) atoms. The van der Waals surface area contributed by atoms with E-state index in [9.17, 15) is 23.8 Å². The molecule has 2 heterocycles. The molecule has 4 atom stereocenters. The number of hydrogen-bond acceptors (Lipinski definition) is 5. The normalized spacial score (nSPS) is 27.7. The van der Waals surface area contributed by atoms with E-state index in [4.69, 9.17) is 23.2 Å². The minimum Gasteiger partial charge on any atom is -0.481 e. The van der Waals surface area contributed by atoms with Gasteiger partial charge < -0.3 is 10.0 Å². The van der Waals surface area contributed by atoms with Crippen molar-refractivity contribution in [2.45, 2.75) is 57.5 Å². The van der Waals surface area contributed by atoms with Gasteiger partial charge in [0, 0.05) is 35.1 Å². The summed E-state index contributed by atoms with van der Waals surface area (Å²) >= 11 is 12.6. The Morgan fingerprint density at radius 2 is 1.84 bits per heavy atom. The van der Waals surface area contributed by atoms with Crippen LogP contribution in [-0.4, -0.2) is 60.2 Å². The summed E-state index contributed by atoms with van der Waals surface area (Å²) < 4.78 is 22.5. The van der Waals surface area contributed by atoms with Gasteiger partial charge >= 0.3 is 5.97 Å². The summed E-state index contributed by atoms with van der Waals surface area (Å²) in [4.78, 5) is 27.9. The Bertz CT molecular complexity index is 1150. The second-order valence-corrected chi connectivity index (χ2v) is 13.5. The SMILES string of the molecule is C[C@@H](CCN1CCCS1(O)O)N1C(=O)[C@](C)(CC(=O)O)C[C@H](c2cccc(Cl)c2)[C@H]1c1ccc(Cl)cc1. The Kier molecular flexibility index (Phi) is 8.48. The largest absolute Gasteiger partial charge is 0.481 e. The van der Waals surface area contributed by atoms with E-state index in [0.29, 0.717) is 41.7 Å². The molecule has 202 valence electrons. The van der Waals surface area contributed by atoms with Gasteiger partial charge in [-0.15, -0.1) is 10.8 Å². The Balaban J connectivity index is 1.77. The van der Waals surface area contributed by atoms with Crippen molar-refractivity contribution in [2.75, 3.05) is 18.8 Å². The number of nitrogens with zero attached hydrogens (tertiary/aromatic N) is 2. The molecule has 0 bridgehead atoms. The molecule has 10 heteroatoms. The number of likely N-dealkylation sites (tertiary alicyclic amines) is 1. The van der Waals surface area contributed by atoms with Gasteiger partial charge in [-0.3, -0.25) is 18.7 Å². The molecule has 4 rings (SSSR count). The number of carboxylic acids is 1. The first-order valence-corrected chi connectivity index (χ1v) is 14.9. The molecule has 0 unspecified atom stereocenters. The topological polar surface area (TPSA) is 101 Å². The highest BCUT2D eigenvalue weighted by atomic mass is 35.5. The van der Waals surface area contributed by atoms with Gasteiger partial charge in [-0.1, -0.05) is 54.4 Å². The van der Waals surface area contributed by atoms with Crippen LogP contribution in [0.5, 0.6) is 0 Å². The molecule has 0 saturated carbocycles. The van der Waals surface area contributed by atoms with Crippen LogP contribution in [0.2, 0.25) is 10.0 Å². The molecule has 2 saturated heterocycles. The lowest BCUT2D eigenvalue weighted by atomic mass is 9.67. The number of rotatable bonds is 8. The first-order valence-electron chi connectivity index (χ1n) is 12.5. The highest BCUT2D eigenvalue weighted by Gasteiger charge is 2.52. The van der Waals surface area contributed by atoms with E-state index >= 15 is 0 Å². The molecule has 2 aliphatic rings. The average Bonchev–Trinajstić information content (AvgIpc) is 3.17. The second kappa shape index (κ2) is 11.1. The number of carboxylic acid groups (broad SMARTS) is 1. The van der Waals surface area contributed by atoms with E-state index in [-0.39, 0.29) is 30.3 Å². The third-order valence-corrected chi connectivity index (χ3v) is 10.2. The van der Waals surface area contributed by atoms with Crippen molar-refractivity contribution in [1.82, 2.24) is 9.21 Å². The summed E-state index contributed by atoms with van der Waals surface area (Å²) in [6.07, 6.45) is 1.30. The molecular formula is C27H34Cl2N2O5S. The minimum atomic E-state index is -2.77. The Morgan fingerprint density at radius 3 is 2.43 bits per heavy atom. The third-order valence-electron chi connectivity index (χ3n) is 7.64. The molecule has 1 amide bonds. The highest BCUT2D eigenvalue weighted by Crippen LogP contribution is 2.53. The molecule has 2 aromatic carbocycles. The molecule has 3 N–H and O–H groups in total. The summed E-state index contributed by atoms with van der Waals surface area (Å²) in [6.45, 7) is 4.71. The smallest absolute Gasteiger partial charge is 0.304 e. The van der Waals surface area contributed by atoms with Crippen molar-refractivity contribution in [1.29, 1.82) is 0 Å². The van der Waals surface area contributed by atoms with Crippen LogP contribution in [0.4, 0.5) is 0 Å². The summed E-state index contributed by atoms with van der Waals surface area (Å²) in [7, 11) is -2.77. The van der Waals surface area contributed by atoms with Crippen molar-refractivity contribution in [2.24, 2.45) is 5.41 Å². The summed E-state index contributed by atoms with van der Waals surface area (Å²) in [5.74, 6) is -1.08. The van der Waals surface area contributed by atoms with Crippen molar-refractivity contribution >= 4 is 45.9 Å². The Hall–Kier alpha value is -1.81. The van der Waals surface area contributed by atoms with E-state index in [1.807, 2.05) is 42.2 Å². The summed E-state index contributed by atoms with van der Waals surface area (Å²) in [5.41, 5.74) is 0.715. The van der Waals surface area contributed by atoms with Crippen LogP contribution >= 0.6 is 34.0 Å². The molecule has 0 spiro atoms. The lowest BCUT2D eigenvalue weighted by Gasteiger charge is -2.51. The molecule has 2 aliphatic heterocycles. The fourth-order valence-corrected chi connectivity index (χ4v) is 7.72. The number of halogens is 2. The van der Waals surface area contributed by atoms with Gasteiger partial charge in [0.05, 0.1) is 23.6 Å². The zero-order chi connectivity index (χ0) is 27.0. The van der Waals surface area contributed by atoms with Gasteiger partial charge in [0.15, 0.2) is 0 Å². The van der Waals surface area contributed by atoms with Gasteiger partial charge in [-0.05, 0) is 61.6 Å². The highest BCUT2D eigenvalue weighted by molar-refractivity contribution is 8.22. The third kappa shape index (κ3) is 6.10. The Morgan fingerprint density at radius 1 is 1.14 bits per heavy atom. The second-order valence-electron chi connectivity index (χ2n) is 10.5. The first-order chi connectivity index (χ1) is 17.4. The lowest BCUT2D eigenvalue weighted by molar-refractivity contribution is -0.160. The quantitative estimate of drug-likeness (QED) is 0.328. The summed E-state index contributed by atoms with van der Waals surface area (Å²) in [6, 6.07) is 14.3. The monoisotopic (exact) mass is 568 g/mol. The van der Waals surface area contributed by atoms with Crippen LogP contribution < -0.4 is 0 Å². The number of carbonyl (C=O) groups excluding carboxylic acids is 1. The van der Waals surface area contributed by atoms with Gasteiger partial charge in [-0.25, -0.2) is 4.31 Å². The minimum absolute atomic E-state index is 0.212. The molecule has 2 aromatic rings. The molecule has 2 fully saturated rings. The lowest BCUT2D eigenvalue weighted by Crippen LogP contribution is -2.55. The first kappa shape index (κ1) is 28.2. The predicted octanol–water partition coefficient (Wildman–Crippen LogP) is 6.68. The average molecular weight is 570 g/mol. The van der Waals surface area contributed by atoms with E-state index in [2.05, 4.69) is 0 Å². The standard InChI is InChI=1S/C27H34Cl2N2O5S/c1-18(11-13-30-12-4-14-37(30,35)36)31-25(19-7-9-21(28)10-8-19)23(20-5-3-6-22(29)15-20)16-27(2,26(31)34)17-24(32)33/h3,5-10,15,18,23,25,35-36H,4,11-14,16-17H2,1-2H3,(H,32,33)/t18-,23+,25+,27-/m0/s1. The van der Waals surface area contributed by atoms with Gasteiger partial charge in [0.25, 0.3) is 0 Å². The number of piperidine rings is 1. The Labute approximate surface area is 229 Å². The fraction of sp³-hybridized carbons (Fsp3) is 0.481. The van der Waals surface area contributed by atoms with E-state index in [1.54, 1.807) is 29.4 Å². The van der Waals surface area contributed by atoms with Gasteiger partial charge in [-0.2, -0.15) is 0 Å². The van der Waals surface area contributed by atoms with Crippen LogP contribution in [0.1, 0.15) is 62.6 Å². The van der Waals surface area contributed by atoms with Gasteiger partial charge in [0.2, 0.25) is 5.91 Å². The van der Waals surface area contributed by atoms with Crippen molar-refractivity contribution in [3.8, 4) is 0 Å². The zero-order valence-corrected chi connectivity index (χ0v) is 23.3. The molecule has 0 aromatic heterocycles. The number of aliphatic carboxylic acids is 1. The van der Waals surface area contributed by atoms with Crippen LogP contribution in [0.3, 0.4) is 0 Å². The molecule has 0 aliphatic carbocycles. The number of hydrogen-bond donors (Lipinski definition) is 3. The van der Waals surface area contributed by atoms with Crippen LogP contribution in [0.15, 0.2) is 48.5 Å². The fourth-order valence-electron chi connectivity index (χ4n) is 5.80. The van der Waals surface area contributed by atoms with Crippen molar-refractivity contribution < 1.29 is 23.8 Å². The van der Waals surface area contributed by atoms with Gasteiger partial charge in [0.1, 0.15) is 0 Å². The van der Waals surface area contributed by atoms with Crippen molar-refractivity contribution in [3.05, 3.63) is 69.7 Å². The van der Waals surface area contributed by atoms with Crippen molar-refractivity contribution in [3.63, 3.8) is 0 Å². The maximum Gasteiger partial charge on any atom is 0.304 e. The van der Waals surface area contributed by atoms with Crippen LogP contribution in [0.25, 0.3) is 0 Å². The number of benzene rings is 2.